The maximum atomic E-state index is 12.2. The number of pyridine rings is 2. The number of nitrogens with one attached hydrogen (secondary N) is 1. The van der Waals surface area contributed by atoms with Crippen molar-refractivity contribution in [2.24, 2.45) is 0 Å². The number of fused-ring (bicyclic) bond motifs is 1. The molecule has 0 saturated carbocycles. The third-order valence-corrected chi connectivity index (χ3v) is 5.19. The maximum Gasteiger partial charge on any atom is 0.275 e. The molecule has 0 aliphatic rings. The second-order valence-electron chi connectivity index (χ2n) is 7.21. The van der Waals surface area contributed by atoms with E-state index in [9.17, 15) is 4.79 Å². The second kappa shape index (κ2) is 8.91. The van der Waals surface area contributed by atoms with Gasteiger partial charge in [0, 0.05) is 35.6 Å². The highest BCUT2D eigenvalue weighted by molar-refractivity contribution is 6.06. The minimum Gasteiger partial charge on any atom is -0.398 e. The third-order valence-electron chi connectivity index (χ3n) is 5.19. The predicted octanol–water partition coefficient (Wildman–Crippen LogP) is 3.59. The number of carbonyl (C=O) groups is 1. The molecule has 0 bridgehead atoms. The first-order valence-electron chi connectivity index (χ1n) is 9.90. The Bertz CT molecular complexity index is 1240. The number of aliphatic hydroxyl groups excluding tert-OH is 1. The lowest BCUT2D eigenvalue weighted by molar-refractivity contribution is 0.0708. The number of aliphatic hydroxyl groups is 1. The first-order chi connectivity index (χ1) is 15.1. The van der Waals surface area contributed by atoms with Crippen molar-refractivity contribution < 1.29 is 15.1 Å². The van der Waals surface area contributed by atoms with Gasteiger partial charge in [0.25, 0.3) is 5.91 Å². The number of rotatable bonds is 6. The van der Waals surface area contributed by atoms with Crippen LogP contribution in [0.25, 0.3) is 33.3 Å². The summed E-state index contributed by atoms with van der Waals surface area (Å²) in [5.74, 6) is -0.641. The molecule has 2 aromatic carbocycles. The number of hydrogen-bond donors (Lipinski definition) is 4. The molecule has 156 valence electrons. The van der Waals surface area contributed by atoms with Gasteiger partial charge in [-0.1, -0.05) is 36.4 Å². The maximum absolute atomic E-state index is 12.2. The summed E-state index contributed by atoms with van der Waals surface area (Å²) in [5, 5.41) is 18.6. The molecule has 0 fully saturated rings. The topological polar surface area (TPSA) is 121 Å². The zero-order valence-electron chi connectivity index (χ0n) is 16.7. The van der Waals surface area contributed by atoms with Crippen LogP contribution in [0, 0.1) is 0 Å². The Morgan fingerprint density at radius 1 is 1.03 bits per heavy atom. The fourth-order valence-electron chi connectivity index (χ4n) is 3.58. The average molecular weight is 414 g/mol. The zero-order chi connectivity index (χ0) is 21.8. The molecule has 0 atom stereocenters. The van der Waals surface area contributed by atoms with Crippen molar-refractivity contribution in [3.05, 3.63) is 78.1 Å². The lowest BCUT2D eigenvalue weighted by Crippen LogP contribution is -2.19. The van der Waals surface area contributed by atoms with Crippen molar-refractivity contribution in [1.29, 1.82) is 0 Å². The highest BCUT2D eigenvalue weighted by Gasteiger charge is 2.15. The van der Waals surface area contributed by atoms with Gasteiger partial charge in [-0.2, -0.15) is 0 Å². The lowest BCUT2D eigenvalue weighted by Gasteiger charge is -2.12. The monoisotopic (exact) mass is 414 g/mol. The molecule has 7 heteroatoms. The Hall–Kier alpha value is -3.81. The Morgan fingerprint density at radius 3 is 2.52 bits per heavy atom. The van der Waals surface area contributed by atoms with Crippen LogP contribution in [-0.2, 0) is 6.42 Å². The largest absolute Gasteiger partial charge is 0.398 e. The fourth-order valence-corrected chi connectivity index (χ4v) is 3.58. The summed E-state index contributed by atoms with van der Waals surface area (Å²) in [6.07, 6.45) is 4.71. The molecule has 7 nitrogen and oxygen atoms in total. The Morgan fingerprint density at radius 2 is 1.81 bits per heavy atom. The number of hydrogen-bond acceptors (Lipinski definition) is 6. The molecule has 0 unspecified atom stereocenters. The molecule has 0 aliphatic heterocycles. The molecule has 2 aromatic heterocycles. The van der Waals surface area contributed by atoms with E-state index in [1.165, 1.54) is 11.8 Å². The van der Waals surface area contributed by atoms with Gasteiger partial charge in [0.1, 0.15) is 0 Å². The molecule has 4 rings (SSSR count). The molecule has 5 N–H and O–H groups in total. The van der Waals surface area contributed by atoms with Gasteiger partial charge in [-0.25, -0.2) is 10.5 Å². The highest BCUT2D eigenvalue weighted by atomic mass is 16.5. The van der Waals surface area contributed by atoms with E-state index in [-0.39, 0.29) is 12.2 Å². The van der Waals surface area contributed by atoms with Gasteiger partial charge < -0.3 is 10.8 Å². The minimum atomic E-state index is -0.641. The Labute approximate surface area is 179 Å². The van der Waals surface area contributed by atoms with Gasteiger partial charge in [-0.3, -0.25) is 15.0 Å². The zero-order valence-corrected chi connectivity index (χ0v) is 16.7. The number of benzene rings is 2. The van der Waals surface area contributed by atoms with Crippen molar-refractivity contribution in [3.8, 4) is 22.4 Å². The van der Waals surface area contributed by atoms with Gasteiger partial charge >= 0.3 is 0 Å². The van der Waals surface area contributed by atoms with Crippen LogP contribution in [0.3, 0.4) is 0 Å². The molecule has 0 spiro atoms. The minimum absolute atomic E-state index is 0.181. The van der Waals surface area contributed by atoms with Crippen LogP contribution in [0.1, 0.15) is 22.3 Å². The number of nitrogens with two attached hydrogens (primary N) is 1. The van der Waals surface area contributed by atoms with Gasteiger partial charge in [0.05, 0.1) is 16.8 Å². The van der Waals surface area contributed by atoms with E-state index < -0.39 is 5.91 Å². The first-order valence-corrected chi connectivity index (χ1v) is 9.90. The summed E-state index contributed by atoms with van der Waals surface area (Å²) in [6, 6.07) is 17.2. The first kappa shape index (κ1) is 20.5. The van der Waals surface area contributed by atoms with Crippen LogP contribution in [0.5, 0.6) is 0 Å². The number of nitrogen functional groups attached to an aromatic ring is 1. The normalized spacial score (nSPS) is 10.9. The van der Waals surface area contributed by atoms with Crippen LogP contribution in [-0.4, -0.2) is 32.8 Å². The summed E-state index contributed by atoms with van der Waals surface area (Å²) in [6.45, 7) is 0.181. The van der Waals surface area contributed by atoms with E-state index in [0.717, 1.165) is 24.0 Å². The van der Waals surface area contributed by atoms with Crippen LogP contribution in [0.15, 0.2) is 67.0 Å². The fraction of sp³-hybridized carbons (Fsp3) is 0.125. The van der Waals surface area contributed by atoms with Crippen LogP contribution in [0.2, 0.25) is 0 Å². The number of carbonyl (C=O) groups excluding carboxylic acids is 1. The summed E-state index contributed by atoms with van der Waals surface area (Å²) in [7, 11) is 0. The predicted molar refractivity (Wildman–Crippen MR) is 119 cm³/mol. The lowest BCUT2D eigenvalue weighted by atomic mass is 9.98. The van der Waals surface area contributed by atoms with Gasteiger partial charge in [-0.05, 0) is 47.7 Å². The van der Waals surface area contributed by atoms with Crippen molar-refractivity contribution in [2.45, 2.75) is 12.8 Å². The number of aryl methyl sites for hydroxylation is 1. The van der Waals surface area contributed by atoms with Crippen molar-refractivity contribution in [3.63, 3.8) is 0 Å². The molecule has 0 saturated heterocycles. The van der Waals surface area contributed by atoms with Crippen LogP contribution in [0.4, 0.5) is 5.69 Å². The van der Waals surface area contributed by atoms with Crippen molar-refractivity contribution in [2.75, 3.05) is 12.3 Å². The summed E-state index contributed by atoms with van der Waals surface area (Å²) in [4.78, 5) is 20.8. The molecule has 31 heavy (non-hydrogen) atoms. The SMILES string of the molecule is Nc1cc(-c2ccc(CCCO)cc2)ccc1-c1cc(C(=O)NO)c2cnccc2n1. The number of hydroxylamine groups is 1. The quantitative estimate of drug-likeness (QED) is 0.217. The summed E-state index contributed by atoms with van der Waals surface area (Å²) in [5.41, 5.74) is 13.8. The molecule has 0 aliphatic carbocycles. The summed E-state index contributed by atoms with van der Waals surface area (Å²) < 4.78 is 0. The van der Waals surface area contributed by atoms with Crippen LogP contribution >= 0.6 is 0 Å². The van der Waals surface area contributed by atoms with Crippen LogP contribution < -0.4 is 11.2 Å². The molecule has 2 heterocycles. The molecular formula is C24H22N4O3. The smallest absolute Gasteiger partial charge is 0.275 e. The van der Waals surface area contributed by atoms with Crippen molar-refractivity contribution >= 4 is 22.5 Å². The van der Waals surface area contributed by atoms with Crippen molar-refractivity contribution in [1.82, 2.24) is 15.4 Å². The summed E-state index contributed by atoms with van der Waals surface area (Å²) >= 11 is 0. The van der Waals surface area contributed by atoms with E-state index in [4.69, 9.17) is 16.0 Å². The van der Waals surface area contributed by atoms with Gasteiger partial charge in [-0.15, -0.1) is 0 Å². The molecule has 1 amide bonds. The van der Waals surface area contributed by atoms with E-state index in [2.05, 4.69) is 9.97 Å². The number of nitrogens with zero attached hydrogens (tertiary/aromatic N) is 2. The standard InChI is InChI=1S/C24H22N4O3/c25-21-12-17(16-5-3-15(4-6-16)2-1-11-29)7-8-18(21)23-13-19(24(30)28-31)20-14-26-10-9-22(20)27-23/h3-10,12-14,29,31H,1-2,11,25H2,(H,28,30). The van der Waals surface area contributed by atoms with Gasteiger partial charge in [0.2, 0.25) is 0 Å². The Balaban J connectivity index is 1.71. The second-order valence-corrected chi connectivity index (χ2v) is 7.21. The third kappa shape index (κ3) is 4.23. The molecule has 0 radical (unpaired) electrons. The number of anilines is 1. The number of amides is 1. The molecular weight excluding hydrogens is 392 g/mol. The van der Waals surface area contributed by atoms with E-state index in [0.29, 0.717) is 27.8 Å². The average Bonchev–Trinajstić information content (AvgIpc) is 2.81. The van der Waals surface area contributed by atoms with E-state index in [1.54, 1.807) is 23.8 Å². The highest BCUT2D eigenvalue weighted by Crippen LogP contribution is 2.32. The van der Waals surface area contributed by atoms with Gasteiger partial charge in [0.15, 0.2) is 0 Å². The van der Waals surface area contributed by atoms with E-state index >= 15 is 0 Å². The Kier molecular flexibility index (Phi) is 5.88. The molecule has 4 aromatic rings. The number of aromatic nitrogens is 2. The van der Waals surface area contributed by atoms with E-state index in [1.807, 2.05) is 42.5 Å².